The third-order valence-electron chi connectivity index (χ3n) is 3.11. The van der Waals surface area contributed by atoms with E-state index in [4.69, 9.17) is 4.74 Å². The lowest BCUT2D eigenvalue weighted by Crippen LogP contribution is -2.38. The Morgan fingerprint density at radius 1 is 1.40 bits per heavy atom. The summed E-state index contributed by atoms with van der Waals surface area (Å²) in [7, 11) is -3.55. The van der Waals surface area contributed by atoms with Crippen molar-refractivity contribution in [3.05, 3.63) is 34.8 Å². The molecule has 1 aliphatic rings. The van der Waals surface area contributed by atoms with Crippen LogP contribution in [0, 0.1) is 13.8 Å². The fraction of sp³-hybridized carbons (Fsp3) is 0.308. The standard InChI is InChI=1S/C13H14N2O3S2/c1-9-7-11-12(14-8-9)18-5-4-15(11)20(16,17)13-10(2)3-6-19-13/h3,6-8H,4-5H2,1-2H3. The Labute approximate surface area is 121 Å². The number of rotatable bonds is 2. The normalized spacial score (nSPS) is 14.8. The number of hydrogen-bond donors (Lipinski definition) is 0. The van der Waals surface area contributed by atoms with Crippen LogP contribution in [-0.2, 0) is 10.0 Å². The van der Waals surface area contributed by atoms with Gasteiger partial charge in [-0.05, 0) is 42.5 Å². The van der Waals surface area contributed by atoms with Gasteiger partial charge in [-0.1, -0.05) is 0 Å². The fourth-order valence-corrected chi connectivity index (χ4v) is 5.10. The summed E-state index contributed by atoms with van der Waals surface area (Å²) in [5.74, 6) is 0.375. The lowest BCUT2D eigenvalue weighted by atomic mass is 10.3. The molecule has 0 saturated carbocycles. The van der Waals surface area contributed by atoms with Crippen molar-refractivity contribution < 1.29 is 13.2 Å². The van der Waals surface area contributed by atoms with Gasteiger partial charge in [0.1, 0.15) is 16.5 Å². The summed E-state index contributed by atoms with van der Waals surface area (Å²) in [6.07, 6.45) is 1.67. The van der Waals surface area contributed by atoms with Crippen LogP contribution in [0.2, 0.25) is 0 Å². The summed E-state index contributed by atoms with van der Waals surface area (Å²) in [6, 6.07) is 3.61. The molecule has 0 amide bonds. The van der Waals surface area contributed by atoms with E-state index in [1.54, 1.807) is 24.6 Å². The molecule has 0 fully saturated rings. The number of fused-ring (bicyclic) bond motifs is 1. The number of nitrogens with zero attached hydrogens (tertiary/aromatic N) is 2. The Hall–Kier alpha value is -1.60. The van der Waals surface area contributed by atoms with E-state index in [0.29, 0.717) is 28.9 Å². The Bertz CT molecular complexity index is 753. The van der Waals surface area contributed by atoms with Gasteiger partial charge in [0.15, 0.2) is 0 Å². The van der Waals surface area contributed by atoms with Crippen LogP contribution in [0.5, 0.6) is 5.88 Å². The van der Waals surface area contributed by atoms with E-state index in [-0.39, 0.29) is 0 Å². The van der Waals surface area contributed by atoms with Crippen molar-refractivity contribution in [2.24, 2.45) is 0 Å². The SMILES string of the molecule is Cc1cnc2c(c1)N(S(=O)(=O)c1sccc1C)CCO2. The molecule has 0 aromatic carbocycles. The number of thiophene rings is 1. The number of sulfonamides is 1. The summed E-state index contributed by atoms with van der Waals surface area (Å²) in [5, 5.41) is 1.79. The first-order valence-corrected chi connectivity index (χ1v) is 8.48. The molecule has 0 radical (unpaired) electrons. The van der Waals surface area contributed by atoms with Crippen LogP contribution in [0.15, 0.2) is 27.9 Å². The van der Waals surface area contributed by atoms with Crippen LogP contribution in [0.3, 0.4) is 0 Å². The predicted octanol–water partition coefficient (Wildman–Crippen LogP) is 2.35. The van der Waals surface area contributed by atoms with E-state index in [1.807, 2.05) is 13.0 Å². The summed E-state index contributed by atoms with van der Waals surface area (Å²) in [6.45, 7) is 4.30. The fourth-order valence-electron chi connectivity index (χ4n) is 2.15. The van der Waals surface area contributed by atoms with Gasteiger partial charge in [0.2, 0.25) is 5.88 Å². The highest BCUT2D eigenvalue weighted by molar-refractivity contribution is 7.94. The lowest BCUT2D eigenvalue weighted by Gasteiger charge is -2.29. The van der Waals surface area contributed by atoms with Gasteiger partial charge in [0.05, 0.1) is 6.54 Å². The molecule has 1 aliphatic heterocycles. The van der Waals surface area contributed by atoms with Crippen LogP contribution in [0.4, 0.5) is 5.69 Å². The molecule has 5 nitrogen and oxygen atoms in total. The van der Waals surface area contributed by atoms with Gasteiger partial charge in [-0.2, -0.15) is 0 Å². The topological polar surface area (TPSA) is 59.5 Å². The zero-order valence-corrected chi connectivity index (χ0v) is 12.8. The van der Waals surface area contributed by atoms with Gasteiger partial charge in [-0.3, -0.25) is 4.31 Å². The highest BCUT2D eigenvalue weighted by Gasteiger charge is 2.32. The largest absolute Gasteiger partial charge is 0.474 e. The molecular weight excluding hydrogens is 296 g/mol. The second-order valence-electron chi connectivity index (χ2n) is 4.65. The minimum atomic E-state index is -3.55. The molecule has 0 atom stereocenters. The van der Waals surface area contributed by atoms with Crippen LogP contribution in [-0.4, -0.2) is 26.6 Å². The highest BCUT2D eigenvalue weighted by atomic mass is 32.2. The zero-order chi connectivity index (χ0) is 14.3. The Morgan fingerprint density at radius 3 is 2.90 bits per heavy atom. The summed E-state index contributed by atoms with van der Waals surface area (Å²) >= 11 is 1.24. The van der Waals surface area contributed by atoms with Crippen molar-refractivity contribution in [3.63, 3.8) is 0 Å². The lowest BCUT2D eigenvalue weighted by molar-refractivity contribution is 0.303. The maximum absolute atomic E-state index is 12.8. The van der Waals surface area contributed by atoms with E-state index < -0.39 is 10.0 Å². The molecule has 3 heterocycles. The molecule has 0 spiro atoms. The molecule has 2 aromatic rings. The van der Waals surface area contributed by atoms with E-state index in [0.717, 1.165) is 11.1 Å². The monoisotopic (exact) mass is 310 g/mol. The number of ether oxygens (including phenoxy) is 1. The first-order chi connectivity index (χ1) is 9.50. The molecule has 20 heavy (non-hydrogen) atoms. The second-order valence-corrected chi connectivity index (χ2v) is 7.63. The van der Waals surface area contributed by atoms with Crippen molar-refractivity contribution >= 4 is 27.0 Å². The van der Waals surface area contributed by atoms with Gasteiger partial charge in [0, 0.05) is 6.20 Å². The van der Waals surface area contributed by atoms with E-state index in [2.05, 4.69) is 4.98 Å². The predicted molar refractivity (Wildman–Crippen MR) is 78.1 cm³/mol. The number of anilines is 1. The number of aromatic nitrogens is 1. The number of aryl methyl sites for hydroxylation is 2. The quantitative estimate of drug-likeness (QED) is 0.854. The number of pyridine rings is 1. The molecule has 0 N–H and O–H groups in total. The molecule has 0 unspecified atom stereocenters. The van der Waals surface area contributed by atoms with E-state index in [9.17, 15) is 8.42 Å². The van der Waals surface area contributed by atoms with Gasteiger partial charge in [-0.25, -0.2) is 13.4 Å². The average molecular weight is 310 g/mol. The third kappa shape index (κ3) is 2.06. The smallest absolute Gasteiger partial charge is 0.274 e. The average Bonchev–Trinajstić information content (AvgIpc) is 2.85. The van der Waals surface area contributed by atoms with Crippen LogP contribution in [0.1, 0.15) is 11.1 Å². The van der Waals surface area contributed by atoms with Crippen molar-refractivity contribution in [3.8, 4) is 5.88 Å². The molecule has 0 bridgehead atoms. The van der Waals surface area contributed by atoms with Gasteiger partial charge >= 0.3 is 0 Å². The molecule has 3 rings (SSSR count). The molecule has 7 heteroatoms. The third-order valence-corrected chi connectivity index (χ3v) is 6.59. The minimum Gasteiger partial charge on any atom is -0.474 e. The van der Waals surface area contributed by atoms with Gasteiger partial charge in [-0.15, -0.1) is 11.3 Å². The van der Waals surface area contributed by atoms with Gasteiger partial charge in [0.25, 0.3) is 10.0 Å². The Morgan fingerprint density at radius 2 is 2.20 bits per heavy atom. The Kier molecular flexibility index (Phi) is 3.18. The number of hydrogen-bond acceptors (Lipinski definition) is 5. The van der Waals surface area contributed by atoms with E-state index >= 15 is 0 Å². The minimum absolute atomic E-state index is 0.303. The summed E-state index contributed by atoms with van der Waals surface area (Å²) < 4.78 is 32.8. The molecule has 106 valence electrons. The van der Waals surface area contributed by atoms with Crippen molar-refractivity contribution in [2.75, 3.05) is 17.5 Å². The summed E-state index contributed by atoms with van der Waals surface area (Å²) in [4.78, 5) is 4.16. The summed E-state index contributed by atoms with van der Waals surface area (Å²) in [5.41, 5.74) is 2.19. The molecule has 2 aromatic heterocycles. The van der Waals surface area contributed by atoms with Crippen molar-refractivity contribution in [1.29, 1.82) is 0 Å². The van der Waals surface area contributed by atoms with Crippen LogP contribution < -0.4 is 9.04 Å². The zero-order valence-electron chi connectivity index (χ0n) is 11.2. The first kappa shape index (κ1) is 13.4. The van der Waals surface area contributed by atoms with Crippen molar-refractivity contribution in [1.82, 2.24) is 4.98 Å². The molecule has 0 aliphatic carbocycles. The van der Waals surface area contributed by atoms with Gasteiger partial charge < -0.3 is 4.74 Å². The van der Waals surface area contributed by atoms with E-state index in [1.165, 1.54) is 15.6 Å². The van der Waals surface area contributed by atoms with Crippen molar-refractivity contribution in [2.45, 2.75) is 18.1 Å². The Balaban J connectivity index is 2.13. The van der Waals surface area contributed by atoms with Crippen LogP contribution in [0.25, 0.3) is 0 Å². The maximum atomic E-state index is 12.8. The second kappa shape index (κ2) is 4.75. The first-order valence-electron chi connectivity index (χ1n) is 6.16. The molecular formula is C13H14N2O3S2. The highest BCUT2D eigenvalue weighted by Crippen LogP contribution is 2.36. The molecule has 0 saturated heterocycles. The maximum Gasteiger partial charge on any atom is 0.274 e. The van der Waals surface area contributed by atoms with Crippen LogP contribution >= 0.6 is 11.3 Å².